The van der Waals surface area contributed by atoms with E-state index in [2.05, 4.69) is 10.7 Å². The van der Waals surface area contributed by atoms with E-state index in [-0.39, 0.29) is 12.1 Å². The maximum absolute atomic E-state index is 14.0. The summed E-state index contributed by atoms with van der Waals surface area (Å²) in [6.07, 6.45) is -0.993. The third-order valence-corrected chi connectivity index (χ3v) is 5.62. The topological polar surface area (TPSA) is 61.3 Å². The number of hydrogen-bond donors (Lipinski definition) is 2. The van der Waals surface area contributed by atoms with Crippen LogP contribution in [0, 0.1) is 5.82 Å². The second kappa shape index (κ2) is 8.87. The van der Waals surface area contributed by atoms with Gasteiger partial charge in [0.15, 0.2) is 0 Å². The molecule has 0 fully saturated rings. The van der Waals surface area contributed by atoms with Gasteiger partial charge in [-0.3, -0.25) is 0 Å². The van der Waals surface area contributed by atoms with E-state index in [0.29, 0.717) is 18.2 Å². The van der Waals surface area contributed by atoms with E-state index in [9.17, 15) is 9.50 Å². The molecule has 0 bridgehead atoms. The van der Waals surface area contributed by atoms with Crippen LogP contribution in [0.4, 0.5) is 10.2 Å². The predicted molar refractivity (Wildman–Crippen MR) is 120 cm³/mol. The molecule has 0 aliphatic rings. The Kier molecular flexibility index (Phi) is 6.03. The number of thiophene rings is 1. The number of aliphatic hydroxyl groups excluding tert-OH is 1. The molecule has 2 aromatic carbocycles. The summed E-state index contributed by atoms with van der Waals surface area (Å²) in [7, 11) is 3.93. The van der Waals surface area contributed by atoms with Gasteiger partial charge in [0, 0.05) is 23.1 Å². The Labute approximate surface area is 178 Å². The Morgan fingerprint density at radius 3 is 2.53 bits per heavy atom. The third-order valence-electron chi connectivity index (χ3n) is 4.75. The van der Waals surface area contributed by atoms with Gasteiger partial charge in [-0.1, -0.05) is 48.5 Å². The van der Waals surface area contributed by atoms with Crippen LogP contribution in [0.5, 0.6) is 0 Å². The minimum atomic E-state index is -0.993. The standard InChI is InChI=1S/C23H23FN4OS/c1-28(2)13-20-26-22(25-12-19(29)16-10-6-7-11-18(16)24)21-17(14-30-23(21)27-20)15-8-4-3-5-9-15/h3-11,14,19,29H,12-13H2,1-2H3,(H,25,26,27). The molecule has 0 aliphatic heterocycles. The monoisotopic (exact) mass is 422 g/mol. The minimum absolute atomic E-state index is 0.137. The predicted octanol–water partition coefficient (Wildman–Crippen LogP) is 4.70. The summed E-state index contributed by atoms with van der Waals surface area (Å²) in [6.45, 7) is 0.734. The van der Waals surface area contributed by atoms with E-state index < -0.39 is 11.9 Å². The smallest absolute Gasteiger partial charge is 0.146 e. The summed E-state index contributed by atoms with van der Waals surface area (Å²) in [4.78, 5) is 12.3. The van der Waals surface area contributed by atoms with Crippen LogP contribution in [0.25, 0.3) is 21.3 Å². The molecule has 7 heteroatoms. The van der Waals surface area contributed by atoms with E-state index in [1.54, 1.807) is 29.5 Å². The lowest BCUT2D eigenvalue weighted by Gasteiger charge is -2.16. The van der Waals surface area contributed by atoms with Gasteiger partial charge in [0.25, 0.3) is 0 Å². The fraction of sp³-hybridized carbons (Fsp3) is 0.217. The number of aromatic nitrogens is 2. The molecule has 30 heavy (non-hydrogen) atoms. The Bertz CT molecular complexity index is 1150. The summed E-state index contributed by atoms with van der Waals surface area (Å²) in [5.41, 5.74) is 2.37. The molecule has 0 aliphatic carbocycles. The van der Waals surface area contributed by atoms with Crippen LogP contribution in [0.2, 0.25) is 0 Å². The second-order valence-corrected chi connectivity index (χ2v) is 8.20. The van der Waals surface area contributed by atoms with Gasteiger partial charge >= 0.3 is 0 Å². The molecule has 154 valence electrons. The van der Waals surface area contributed by atoms with Crippen LogP contribution in [0.1, 0.15) is 17.5 Å². The van der Waals surface area contributed by atoms with Gasteiger partial charge in [-0.15, -0.1) is 11.3 Å². The number of nitrogens with one attached hydrogen (secondary N) is 1. The van der Waals surface area contributed by atoms with Crippen LogP contribution in [-0.2, 0) is 6.54 Å². The molecule has 0 amide bonds. The highest BCUT2D eigenvalue weighted by atomic mass is 32.1. The minimum Gasteiger partial charge on any atom is -0.386 e. The summed E-state index contributed by atoms with van der Waals surface area (Å²) in [6, 6.07) is 16.3. The van der Waals surface area contributed by atoms with Gasteiger partial charge < -0.3 is 15.3 Å². The van der Waals surface area contributed by atoms with Crippen molar-refractivity contribution in [1.82, 2.24) is 14.9 Å². The molecule has 5 nitrogen and oxygen atoms in total. The van der Waals surface area contributed by atoms with Gasteiger partial charge in [0.2, 0.25) is 0 Å². The summed E-state index contributed by atoms with van der Waals surface area (Å²) >= 11 is 1.57. The number of hydrogen-bond acceptors (Lipinski definition) is 6. The maximum atomic E-state index is 14.0. The third kappa shape index (κ3) is 4.33. The first-order valence-corrected chi connectivity index (χ1v) is 10.6. The van der Waals surface area contributed by atoms with E-state index in [4.69, 9.17) is 9.97 Å². The van der Waals surface area contributed by atoms with Crippen LogP contribution < -0.4 is 5.32 Å². The number of anilines is 1. The fourth-order valence-corrected chi connectivity index (χ4v) is 4.31. The number of rotatable bonds is 7. The van der Waals surface area contributed by atoms with Crippen LogP contribution in [0.3, 0.4) is 0 Å². The van der Waals surface area contributed by atoms with Crippen molar-refractivity contribution in [3.63, 3.8) is 0 Å². The Morgan fingerprint density at radius 1 is 1.07 bits per heavy atom. The Balaban J connectivity index is 1.72. The largest absolute Gasteiger partial charge is 0.386 e. The van der Waals surface area contributed by atoms with Crippen molar-refractivity contribution in [3.05, 3.63) is 77.2 Å². The highest BCUT2D eigenvalue weighted by Crippen LogP contribution is 2.37. The van der Waals surface area contributed by atoms with Crippen molar-refractivity contribution in [3.8, 4) is 11.1 Å². The van der Waals surface area contributed by atoms with Gasteiger partial charge in [-0.05, 0) is 25.7 Å². The SMILES string of the molecule is CN(C)Cc1nc(NCC(O)c2ccccc2F)c2c(-c3ccccc3)csc2n1. The first-order chi connectivity index (χ1) is 14.5. The number of aliphatic hydroxyl groups is 1. The van der Waals surface area contributed by atoms with Crippen molar-refractivity contribution in [2.24, 2.45) is 0 Å². The summed E-state index contributed by atoms with van der Waals surface area (Å²) in [5, 5.41) is 16.8. The molecule has 0 spiro atoms. The first-order valence-electron chi connectivity index (χ1n) is 9.67. The van der Waals surface area contributed by atoms with E-state index in [1.807, 2.05) is 49.3 Å². The molecule has 2 aromatic heterocycles. The zero-order valence-electron chi connectivity index (χ0n) is 16.8. The van der Waals surface area contributed by atoms with Crippen molar-refractivity contribution < 1.29 is 9.50 Å². The van der Waals surface area contributed by atoms with E-state index in [0.717, 1.165) is 21.3 Å². The molecular formula is C23H23FN4OS. The number of nitrogens with zero attached hydrogens (tertiary/aromatic N) is 3. The number of fused-ring (bicyclic) bond motifs is 1. The lowest BCUT2D eigenvalue weighted by atomic mass is 10.1. The Hall–Kier alpha value is -2.87. The van der Waals surface area contributed by atoms with Gasteiger partial charge in [0.05, 0.1) is 18.0 Å². The molecule has 1 atom stereocenters. The molecule has 2 heterocycles. The average molecular weight is 423 g/mol. The Morgan fingerprint density at radius 2 is 1.80 bits per heavy atom. The molecule has 4 rings (SSSR count). The quantitative estimate of drug-likeness (QED) is 0.452. The number of halogens is 1. The molecule has 0 radical (unpaired) electrons. The second-order valence-electron chi connectivity index (χ2n) is 7.34. The normalized spacial score (nSPS) is 12.4. The van der Waals surface area contributed by atoms with Crippen molar-refractivity contribution in [2.45, 2.75) is 12.6 Å². The maximum Gasteiger partial charge on any atom is 0.146 e. The van der Waals surface area contributed by atoms with Gasteiger partial charge in [0.1, 0.15) is 22.3 Å². The molecule has 4 aromatic rings. The lowest BCUT2D eigenvalue weighted by molar-refractivity contribution is 0.186. The van der Waals surface area contributed by atoms with Crippen LogP contribution in [-0.4, -0.2) is 40.6 Å². The fourth-order valence-electron chi connectivity index (χ4n) is 3.35. The highest BCUT2D eigenvalue weighted by molar-refractivity contribution is 7.17. The van der Waals surface area contributed by atoms with Crippen LogP contribution in [0.15, 0.2) is 60.0 Å². The number of benzene rings is 2. The molecular weight excluding hydrogens is 399 g/mol. The average Bonchev–Trinajstić information content (AvgIpc) is 3.16. The molecule has 1 unspecified atom stereocenters. The van der Waals surface area contributed by atoms with Crippen molar-refractivity contribution >= 4 is 27.4 Å². The summed E-state index contributed by atoms with van der Waals surface area (Å²) < 4.78 is 14.0. The first kappa shape index (κ1) is 20.4. The van der Waals surface area contributed by atoms with Crippen LogP contribution >= 0.6 is 11.3 Å². The molecule has 0 saturated heterocycles. The lowest BCUT2D eigenvalue weighted by Crippen LogP contribution is -2.17. The van der Waals surface area contributed by atoms with Gasteiger partial charge in [-0.25, -0.2) is 14.4 Å². The summed E-state index contributed by atoms with van der Waals surface area (Å²) in [5.74, 6) is 0.914. The van der Waals surface area contributed by atoms with Crippen molar-refractivity contribution in [1.29, 1.82) is 0 Å². The zero-order valence-corrected chi connectivity index (χ0v) is 17.7. The highest BCUT2D eigenvalue weighted by Gasteiger charge is 2.18. The van der Waals surface area contributed by atoms with Gasteiger partial charge in [-0.2, -0.15) is 0 Å². The van der Waals surface area contributed by atoms with Crippen molar-refractivity contribution in [2.75, 3.05) is 26.0 Å². The zero-order chi connectivity index (χ0) is 21.1. The molecule has 0 saturated carbocycles. The molecule has 2 N–H and O–H groups in total. The van der Waals surface area contributed by atoms with E-state index in [1.165, 1.54) is 6.07 Å². The van der Waals surface area contributed by atoms with E-state index >= 15 is 0 Å².